The largest absolute Gasteiger partial charge is 0.392 e. The molecule has 0 aliphatic carbocycles. The number of aliphatic imine (C=N–C) groups is 1. The molecule has 0 fully saturated rings. The van der Waals surface area contributed by atoms with Gasteiger partial charge in [-0.3, -0.25) is 4.99 Å². The van der Waals surface area contributed by atoms with E-state index in [1.807, 2.05) is 0 Å². The van der Waals surface area contributed by atoms with Gasteiger partial charge in [-0.1, -0.05) is 30.3 Å². The molecule has 0 unspecified atom stereocenters. The summed E-state index contributed by atoms with van der Waals surface area (Å²) in [4.78, 5) is 6.59. The first-order valence-electron chi connectivity index (χ1n) is 8.12. The van der Waals surface area contributed by atoms with Crippen molar-refractivity contribution in [2.24, 2.45) is 4.99 Å². The fraction of sp³-hybridized carbons (Fsp3) is 0.316. The van der Waals surface area contributed by atoms with Crippen molar-refractivity contribution >= 4 is 29.9 Å². The summed E-state index contributed by atoms with van der Waals surface area (Å²) in [6.45, 7) is 2.00. The second-order valence-electron chi connectivity index (χ2n) is 5.92. The molecule has 0 spiro atoms. The highest BCUT2D eigenvalue weighted by atomic mass is 127. The molecule has 0 amide bonds. The molecule has 4 nitrogen and oxygen atoms in total. The molecule has 1 aliphatic rings. The first-order chi connectivity index (χ1) is 11.7. The van der Waals surface area contributed by atoms with Gasteiger partial charge in [0.25, 0.3) is 0 Å². The van der Waals surface area contributed by atoms with E-state index in [0.29, 0.717) is 12.1 Å². The number of hydrogen-bond donors (Lipinski definition) is 2. The minimum atomic E-state index is -0.377. The van der Waals surface area contributed by atoms with Gasteiger partial charge < -0.3 is 15.3 Å². The fourth-order valence-electron chi connectivity index (χ4n) is 3.05. The number of benzene rings is 2. The Morgan fingerprint density at radius 2 is 2.00 bits per heavy atom. The van der Waals surface area contributed by atoms with Gasteiger partial charge in [0.1, 0.15) is 5.82 Å². The molecule has 1 aliphatic heterocycles. The number of aliphatic hydroxyl groups is 1. The van der Waals surface area contributed by atoms with Crippen LogP contribution < -0.4 is 5.32 Å². The first kappa shape index (κ1) is 19.7. The van der Waals surface area contributed by atoms with Crippen molar-refractivity contribution in [1.29, 1.82) is 0 Å². The standard InChI is InChI=1S/C19H22FN3O.HI/c1-21-19(22-11-14-6-7-18(20)17(10-14)13-24)23-9-8-15-4-2-3-5-16(15)12-23;/h2-7,10,24H,8-9,11-13H2,1H3,(H,21,22);1H. The lowest BCUT2D eigenvalue weighted by molar-refractivity contribution is 0.275. The third-order valence-corrected chi connectivity index (χ3v) is 4.37. The van der Waals surface area contributed by atoms with E-state index in [9.17, 15) is 9.50 Å². The van der Waals surface area contributed by atoms with Crippen LogP contribution >= 0.6 is 24.0 Å². The van der Waals surface area contributed by atoms with E-state index in [1.165, 1.54) is 17.2 Å². The maximum absolute atomic E-state index is 13.5. The van der Waals surface area contributed by atoms with Crippen molar-refractivity contribution in [3.8, 4) is 0 Å². The Morgan fingerprint density at radius 3 is 2.72 bits per heavy atom. The van der Waals surface area contributed by atoms with Crippen molar-refractivity contribution in [3.05, 3.63) is 70.5 Å². The summed E-state index contributed by atoms with van der Waals surface area (Å²) in [6.07, 6.45) is 1.00. The van der Waals surface area contributed by atoms with Crippen LogP contribution in [0, 0.1) is 5.82 Å². The third-order valence-electron chi connectivity index (χ3n) is 4.37. The van der Waals surface area contributed by atoms with E-state index >= 15 is 0 Å². The molecule has 0 aromatic heterocycles. The van der Waals surface area contributed by atoms with Crippen LogP contribution in [0.25, 0.3) is 0 Å². The van der Waals surface area contributed by atoms with E-state index < -0.39 is 0 Å². The van der Waals surface area contributed by atoms with Gasteiger partial charge in [0.15, 0.2) is 5.96 Å². The SMILES string of the molecule is CN=C(NCc1ccc(F)c(CO)c1)N1CCc2ccccc2C1.I. The summed E-state index contributed by atoms with van der Waals surface area (Å²) in [7, 11) is 1.77. The van der Waals surface area contributed by atoms with Crippen LogP contribution in [0.3, 0.4) is 0 Å². The molecular weight excluding hydrogens is 432 g/mol. The Morgan fingerprint density at radius 1 is 1.24 bits per heavy atom. The molecule has 2 N–H and O–H groups in total. The Bertz CT molecular complexity index is 751. The number of fused-ring (bicyclic) bond motifs is 1. The lowest BCUT2D eigenvalue weighted by atomic mass is 10.0. The van der Waals surface area contributed by atoms with E-state index in [0.717, 1.165) is 31.0 Å². The van der Waals surface area contributed by atoms with Crippen LogP contribution in [0.1, 0.15) is 22.3 Å². The van der Waals surface area contributed by atoms with Gasteiger partial charge in [0, 0.05) is 32.2 Å². The Labute approximate surface area is 164 Å². The maximum atomic E-state index is 13.5. The van der Waals surface area contributed by atoms with E-state index in [-0.39, 0.29) is 36.4 Å². The maximum Gasteiger partial charge on any atom is 0.194 e. The third kappa shape index (κ3) is 4.70. The highest BCUT2D eigenvalue weighted by Crippen LogP contribution is 2.18. The Kier molecular flexibility index (Phi) is 7.19. The average molecular weight is 455 g/mol. The van der Waals surface area contributed by atoms with Crippen LogP contribution in [-0.4, -0.2) is 29.6 Å². The summed E-state index contributed by atoms with van der Waals surface area (Å²) in [6, 6.07) is 13.3. The minimum absolute atomic E-state index is 0. The molecule has 0 saturated carbocycles. The summed E-state index contributed by atoms with van der Waals surface area (Å²) < 4.78 is 13.5. The first-order valence-corrected chi connectivity index (χ1v) is 8.12. The topological polar surface area (TPSA) is 47.9 Å². The molecule has 3 rings (SSSR count). The van der Waals surface area contributed by atoms with Crippen molar-refractivity contribution in [2.75, 3.05) is 13.6 Å². The lowest BCUT2D eigenvalue weighted by Crippen LogP contribution is -2.43. The van der Waals surface area contributed by atoms with Gasteiger partial charge in [-0.25, -0.2) is 4.39 Å². The molecule has 25 heavy (non-hydrogen) atoms. The number of nitrogens with one attached hydrogen (secondary N) is 1. The Balaban J connectivity index is 0.00000225. The highest BCUT2D eigenvalue weighted by Gasteiger charge is 2.18. The van der Waals surface area contributed by atoms with Crippen LogP contribution in [0.15, 0.2) is 47.5 Å². The normalized spacial score (nSPS) is 13.9. The fourth-order valence-corrected chi connectivity index (χ4v) is 3.05. The number of rotatable bonds is 3. The van der Waals surface area contributed by atoms with Gasteiger partial charge in [-0.15, -0.1) is 24.0 Å². The smallest absolute Gasteiger partial charge is 0.194 e. The van der Waals surface area contributed by atoms with E-state index in [4.69, 9.17) is 0 Å². The zero-order chi connectivity index (χ0) is 16.9. The van der Waals surface area contributed by atoms with Gasteiger partial charge in [0.05, 0.1) is 6.61 Å². The van der Waals surface area contributed by atoms with Gasteiger partial charge in [-0.05, 0) is 35.2 Å². The number of halogens is 2. The number of nitrogens with zero attached hydrogens (tertiary/aromatic N) is 2. The van der Waals surface area contributed by atoms with E-state index in [1.54, 1.807) is 19.2 Å². The number of guanidine groups is 1. The summed E-state index contributed by atoms with van der Waals surface area (Å²) in [5, 5.41) is 12.5. The van der Waals surface area contributed by atoms with Crippen LogP contribution in [0.2, 0.25) is 0 Å². The summed E-state index contributed by atoms with van der Waals surface area (Å²) >= 11 is 0. The van der Waals surface area contributed by atoms with Crippen molar-refractivity contribution in [2.45, 2.75) is 26.1 Å². The van der Waals surface area contributed by atoms with Crippen LogP contribution in [0.5, 0.6) is 0 Å². The zero-order valence-corrected chi connectivity index (χ0v) is 16.5. The number of aliphatic hydroxyl groups excluding tert-OH is 1. The second kappa shape index (κ2) is 9.15. The molecule has 0 bridgehead atoms. The van der Waals surface area contributed by atoms with Crippen LogP contribution in [0.4, 0.5) is 4.39 Å². The molecule has 0 atom stereocenters. The van der Waals surface area contributed by atoms with Gasteiger partial charge in [0.2, 0.25) is 0 Å². The summed E-state index contributed by atoms with van der Waals surface area (Å²) in [5.74, 6) is 0.456. The predicted octanol–water partition coefficient (Wildman–Crippen LogP) is 3.07. The molecule has 1 heterocycles. The molecular formula is C19H23FIN3O. The second-order valence-corrected chi connectivity index (χ2v) is 5.92. The molecule has 0 radical (unpaired) electrons. The molecule has 134 valence electrons. The van der Waals surface area contributed by atoms with Crippen LogP contribution in [-0.2, 0) is 26.1 Å². The van der Waals surface area contributed by atoms with Gasteiger partial charge in [-0.2, -0.15) is 0 Å². The number of hydrogen-bond acceptors (Lipinski definition) is 2. The van der Waals surface area contributed by atoms with E-state index in [2.05, 4.69) is 39.5 Å². The van der Waals surface area contributed by atoms with Gasteiger partial charge >= 0.3 is 0 Å². The zero-order valence-electron chi connectivity index (χ0n) is 14.2. The quantitative estimate of drug-likeness (QED) is 0.425. The predicted molar refractivity (Wildman–Crippen MR) is 108 cm³/mol. The van der Waals surface area contributed by atoms with Crippen molar-refractivity contribution in [3.63, 3.8) is 0 Å². The summed E-state index contributed by atoms with van der Waals surface area (Å²) in [5.41, 5.74) is 3.96. The highest BCUT2D eigenvalue weighted by molar-refractivity contribution is 14.0. The van der Waals surface area contributed by atoms with Crippen molar-refractivity contribution in [1.82, 2.24) is 10.2 Å². The molecule has 2 aromatic rings. The Hall–Kier alpha value is -1.67. The molecule has 0 saturated heterocycles. The lowest BCUT2D eigenvalue weighted by Gasteiger charge is -2.31. The molecule has 2 aromatic carbocycles. The minimum Gasteiger partial charge on any atom is -0.392 e. The average Bonchev–Trinajstić information content (AvgIpc) is 2.63. The molecule has 6 heteroatoms. The monoisotopic (exact) mass is 455 g/mol. The van der Waals surface area contributed by atoms with Crippen molar-refractivity contribution < 1.29 is 9.50 Å².